The van der Waals surface area contributed by atoms with Crippen LogP contribution in [0.15, 0.2) is 36.7 Å². The number of benzene rings is 1. The second kappa shape index (κ2) is 6.34. The summed E-state index contributed by atoms with van der Waals surface area (Å²) < 4.78 is 1.80. The van der Waals surface area contributed by atoms with Crippen LogP contribution in [0.4, 0.5) is 0 Å². The number of aromatic nitrogens is 2. The Morgan fingerprint density at radius 3 is 3.00 bits per heavy atom. The summed E-state index contributed by atoms with van der Waals surface area (Å²) in [5.41, 5.74) is 3.33. The van der Waals surface area contributed by atoms with Crippen molar-refractivity contribution in [1.29, 1.82) is 0 Å². The molecule has 1 atom stereocenters. The zero-order chi connectivity index (χ0) is 15.5. The molecular weight excluding hydrogens is 274 g/mol. The highest BCUT2D eigenvalue weighted by Crippen LogP contribution is 2.28. The van der Waals surface area contributed by atoms with Crippen LogP contribution in [0.25, 0.3) is 0 Å². The summed E-state index contributed by atoms with van der Waals surface area (Å²) in [4.78, 5) is 14.6. The summed E-state index contributed by atoms with van der Waals surface area (Å²) in [6.45, 7) is 6.58. The van der Waals surface area contributed by atoms with Gasteiger partial charge in [0.05, 0.1) is 11.8 Å². The first-order valence-electron chi connectivity index (χ1n) is 8.05. The molecule has 116 valence electrons. The van der Waals surface area contributed by atoms with Crippen molar-refractivity contribution in [2.45, 2.75) is 39.2 Å². The lowest BCUT2D eigenvalue weighted by Crippen LogP contribution is -2.39. The zero-order valence-corrected chi connectivity index (χ0v) is 13.3. The van der Waals surface area contributed by atoms with Crippen molar-refractivity contribution in [2.24, 2.45) is 0 Å². The number of piperidine rings is 1. The van der Waals surface area contributed by atoms with Gasteiger partial charge in [-0.1, -0.05) is 29.8 Å². The quantitative estimate of drug-likeness (QED) is 0.872. The van der Waals surface area contributed by atoms with Crippen LogP contribution in [0.3, 0.4) is 0 Å². The molecule has 1 aliphatic rings. The highest BCUT2D eigenvalue weighted by molar-refractivity contribution is 5.93. The van der Waals surface area contributed by atoms with Crippen LogP contribution in [-0.2, 0) is 6.54 Å². The molecule has 0 radical (unpaired) electrons. The van der Waals surface area contributed by atoms with E-state index in [0.717, 1.165) is 32.5 Å². The summed E-state index contributed by atoms with van der Waals surface area (Å²) in [6.07, 6.45) is 5.74. The number of carbonyl (C=O) groups excluding carboxylic acids is 1. The van der Waals surface area contributed by atoms with Gasteiger partial charge in [0.15, 0.2) is 0 Å². The third kappa shape index (κ3) is 3.06. The molecule has 4 nitrogen and oxygen atoms in total. The number of aryl methyl sites for hydroxylation is 2. The Morgan fingerprint density at radius 2 is 2.27 bits per heavy atom. The van der Waals surface area contributed by atoms with Crippen LogP contribution >= 0.6 is 0 Å². The van der Waals surface area contributed by atoms with Crippen molar-refractivity contribution >= 4 is 5.91 Å². The minimum atomic E-state index is 0.108. The van der Waals surface area contributed by atoms with Gasteiger partial charge in [0.2, 0.25) is 0 Å². The fraction of sp³-hybridized carbons (Fsp3) is 0.444. The number of hydrogen-bond acceptors (Lipinski definition) is 2. The normalized spacial score (nSPS) is 18.5. The van der Waals surface area contributed by atoms with Crippen molar-refractivity contribution in [3.8, 4) is 0 Å². The minimum Gasteiger partial charge on any atom is -0.338 e. The molecule has 1 amide bonds. The first-order chi connectivity index (χ1) is 10.7. The van der Waals surface area contributed by atoms with Gasteiger partial charge < -0.3 is 4.90 Å². The molecule has 0 bridgehead atoms. The summed E-state index contributed by atoms with van der Waals surface area (Å²) in [6, 6.07) is 8.65. The molecule has 1 aliphatic heterocycles. The van der Waals surface area contributed by atoms with Gasteiger partial charge in [-0.05, 0) is 32.3 Å². The largest absolute Gasteiger partial charge is 0.338 e. The number of likely N-dealkylation sites (tertiary alicyclic amines) is 1. The maximum Gasteiger partial charge on any atom is 0.257 e. The topological polar surface area (TPSA) is 38.1 Å². The van der Waals surface area contributed by atoms with Gasteiger partial charge in [0.1, 0.15) is 0 Å². The van der Waals surface area contributed by atoms with Gasteiger partial charge in [0.25, 0.3) is 5.91 Å². The Hall–Kier alpha value is -2.10. The fourth-order valence-electron chi connectivity index (χ4n) is 3.19. The van der Waals surface area contributed by atoms with E-state index in [1.165, 1.54) is 11.1 Å². The van der Waals surface area contributed by atoms with E-state index in [1.54, 1.807) is 10.9 Å². The van der Waals surface area contributed by atoms with E-state index >= 15 is 0 Å². The smallest absolute Gasteiger partial charge is 0.257 e. The number of amides is 1. The van der Waals surface area contributed by atoms with Gasteiger partial charge in [0, 0.05) is 31.7 Å². The van der Waals surface area contributed by atoms with E-state index in [1.807, 2.05) is 18.0 Å². The maximum atomic E-state index is 12.6. The lowest BCUT2D eigenvalue weighted by atomic mass is 9.89. The Morgan fingerprint density at radius 1 is 1.41 bits per heavy atom. The lowest BCUT2D eigenvalue weighted by molar-refractivity contribution is 0.0707. The summed E-state index contributed by atoms with van der Waals surface area (Å²) in [5, 5.41) is 4.21. The van der Waals surface area contributed by atoms with Crippen molar-refractivity contribution in [1.82, 2.24) is 14.7 Å². The van der Waals surface area contributed by atoms with Gasteiger partial charge in [-0.15, -0.1) is 0 Å². The zero-order valence-electron chi connectivity index (χ0n) is 13.3. The SMILES string of the molecule is CCn1cc(C(=O)N2CCC[C@@H](c3cccc(C)c3)C2)cn1. The number of carbonyl (C=O) groups is 1. The second-order valence-corrected chi connectivity index (χ2v) is 6.09. The number of nitrogens with zero attached hydrogens (tertiary/aromatic N) is 3. The van der Waals surface area contributed by atoms with E-state index in [9.17, 15) is 4.79 Å². The highest BCUT2D eigenvalue weighted by Gasteiger charge is 2.26. The average Bonchev–Trinajstić information content (AvgIpc) is 3.03. The van der Waals surface area contributed by atoms with Crippen LogP contribution < -0.4 is 0 Å². The predicted octanol–water partition coefficient (Wildman–Crippen LogP) is 3.23. The summed E-state index contributed by atoms with van der Waals surface area (Å²) in [7, 11) is 0. The predicted molar refractivity (Wildman–Crippen MR) is 87.0 cm³/mol. The van der Waals surface area contributed by atoms with Gasteiger partial charge in [-0.25, -0.2) is 0 Å². The van der Waals surface area contributed by atoms with Gasteiger partial charge in [-0.3, -0.25) is 9.48 Å². The Balaban J connectivity index is 1.73. The monoisotopic (exact) mass is 297 g/mol. The molecule has 1 aromatic heterocycles. The first kappa shape index (κ1) is 14.8. The molecule has 1 saturated heterocycles. The number of rotatable bonds is 3. The van der Waals surface area contributed by atoms with Crippen LogP contribution in [0.2, 0.25) is 0 Å². The molecule has 1 fully saturated rings. The number of hydrogen-bond donors (Lipinski definition) is 0. The first-order valence-corrected chi connectivity index (χ1v) is 8.05. The molecule has 2 aromatic rings. The van der Waals surface area contributed by atoms with Gasteiger partial charge >= 0.3 is 0 Å². The third-order valence-electron chi connectivity index (χ3n) is 4.43. The van der Waals surface area contributed by atoms with Crippen molar-refractivity contribution in [3.63, 3.8) is 0 Å². The molecule has 22 heavy (non-hydrogen) atoms. The average molecular weight is 297 g/mol. The molecule has 0 saturated carbocycles. The molecule has 0 aliphatic carbocycles. The van der Waals surface area contributed by atoms with Gasteiger partial charge in [-0.2, -0.15) is 5.10 Å². The lowest BCUT2D eigenvalue weighted by Gasteiger charge is -2.33. The van der Waals surface area contributed by atoms with Crippen LogP contribution in [0.1, 0.15) is 47.2 Å². The van der Waals surface area contributed by atoms with E-state index in [0.29, 0.717) is 11.5 Å². The van der Waals surface area contributed by atoms with Crippen LogP contribution in [-0.4, -0.2) is 33.7 Å². The Labute approximate surface area is 131 Å². The Bertz CT molecular complexity index is 662. The molecule has 0 N–H and O–H groups in total. The van der Waals surface area contributed by atoms with E-state index in [-0.39, 0.29) is 5.91 Å². The van der Waals surface area contributed by atoms with Crippen molar-refractivity contribution in [3.05, 3.63) is 53.3 Å². The molecular formula is C18H23N3O. The van der Waals surface area contributed by atoms with E-state index < -0.39 is 0 Å². The summed E-state index contributed by atoms with van der Waals surface area (Å²) in [5.74, 6) is 0.552. The molecule has 0 spiro atoms. The molecule has 2 heterocycles. The fourth-order valence-corrected chi connectivity index (χ4v) is 3.19. The second-order valence-electron chi connectivity index (χ2n) is 6.09. The van der Waals surface area contributed by atoms with Crippen molar-refractivity contribution < 1.29 is 4.79 Å². The Kier molecular flexibility index (Phi) is 4.27. The molecule has 3 rings (SSSR count). The molecule has 4 heteroatoms. The molecule has 0 unspecified atom stereocenters. The molecule has 1 aromatic carbocycles. The van der Waals surface area contributed by atoms with E-state index in [2.05, 4.69) is 36.3 Å². The van der Waals surface area contributed by atoms with Crippen LogP contribution in [0.5, 0.6) is 0 Å². The highest BCUT2D eigenvalue weighted by atomic mass is 16.2. The summed E-state index contributed by atoms with van der Waals surface area (Å²) >= 11 is 0. The van der Waals surface area contributed by atoms with Crippen LogP contribution in [0, 0.1) is 6.92 Å². The standard InChI is InChI=1S/C18H23N3O/c1-3-21-13-17(11-19-21)18(22)20-9-5-8-16(12-20)15-7-4-6-14(2)10-15/h4,6-7,10-11,13,16H,3,5,8-9,12H2,1-2H3/t16-/m1/s1. The maximum absolute atomic E-state index is 12.6. The minimum absolute atomic E-state index is 0.108. The van der Waals surface area contributed by atoms with Crippen molar-refractivity contribution in [2.75, 3.05) is 13.1 Å². The van der Waals surface area contributed by atoms with E-state index in [4.69, 9.17) is 0 Å². The third-order valence-corrected chi connectivity index (χ3v) is 4.43.